The molecule has 1 aliphatic carbocycles. The van der Waals surface area contributed by atoms with Crippen molar-refractivity contribution in [3.05, 3.63) is 64.7 Å². The Labute approximate surface area is 129 Å². The number of hydrogen-bond donors (Lipinski definition) is 2. The van der Waals surface area contributed by atoms with E-state index in [1.165, 1.54) is 0 Å². The molecule has 2 aromatic carbocycles. The Bertz CT molecular complexity index is 645. The van der Waals surface area contributed by atoms with Crippen LogP contribution in [0.1, 0.15) is 35.2 Å². The molecule has 0 atom stereocenters. The number of nitrogen functional groups attached to an aromatic ring is 1. The molecule has 0 unspecified atom stereocenters. The molecule has 0 saturated heterocycles. The molecule has 1 fully saturated rings. The molecule has 0 heterocycles. The van der Waals surface area contributed by atoms with Crippen LogP contribution >= 0.6 is 11.6 Å². The second-order valence-electron chi connectivity index (χ2n) is 5.52. The summed E-state index contributed by atoms with van der Waals surface area (Å²) in [6.45, 7) is 0. The molecule has 0 aromatic heterocycles. The van der Waals surface area contributed by atoms with Gasteiger partial charge >= 0.3 is 0 Å². The Morgan fingerprint density at radius 2 is 1.67 bits per heavy atom. The van der Waals surface area contributed by atoms with Crippen molar-refractivity contribution in [3.63, 3.8) is 0 Å². The van der Waals surface area contributed by atoms with Crippen molar-refractivity contribution in [2.24, 2.45) is 0 Å². The maximum Gasteiger partial charge on any atom is 0.251 e. The van der Waals surface area contributed by atoms with E-state index in [1.807, 2.05) is 24.3 Å². The highest BCUT2D eigenvalue weighted by Gasteiger charge is 2.40. The molecule has 108 valence electrons. The molecule has 1 aliphatic rings. The number of halogens is 1. The summed E-state index contributed by atoms with van der Waals surface area (Å²) in [5.74, 6) is -0.0665. The van der Waals surface area contributed by atoms with Crippen LogP contribution in [0.5, 0.6) is 0 Å². The topological polar surface area (TPSA) is 55.1 Å². The molecule has 3 nitrogen and oxygen atoms in total. The molecule has 4 heteroatoms. The van der Waals surface area contributed by atoms with Gasteiger partial charge in [0, 0.05) is 16.3 Å². The number of carbonyl (C=O) groups is 1. The Morgan fingerprint density at radius 3 is 2.19 bits per heavy atom. The van der Waals surface area contributed by atoms with Crippen molar-refractivity contribution in [2.45, 2.75) is 24.8 Å². The zero-order chi connectivity index (χ0) is 14.9. The van der Waals surface area contributed by atoms with Gasteiger partial charge in [-0.05, 0) is 61.2 Å². The van der Waals surface area contributed by atoms with Crippen LogP contribution in [0.25, 0.3) is 0 Å². The summed E-state index contributed by atoms with van der Waals surface area (Å²) in [7, 11) is 0. The average Bonchev–Trinajstić information content (AvgIpc) is 2.44. The van der Waals surface area contributed by atoms with Crippen molar-refractivity contribution < 1.29 is 4.79 Å². The first-order valence-corrected chi connectivity index (χ1v) is 7.41. The maximum atomic E-state index is 12.4. The third-order valence-corrected chi connectivity index (χ3v) is 4.38. The van der Waals surface area contributed by atoms with Crippen LogP contribution in [0.4, 0.5) is 5.69 Å². The number of hydrogen-bond acceptors (Lipinski definition) is 2. The zero-order valence-corrected chi connectivity index (χ0v) is 12.4. The number of amides is 1. The van der Waals surface area contributed by atoms with Crippen LogP contribution in [0.2, 0.25) is 5.02 Å². The number of anilines is 1. The van der Waals surface area contributed by atoms with Crippen LogP contribution < -0.4 is 11.1 Å². The van der Waals surface area contributed by atoms with Crippen molar-refractivity contribution in [1.82, 2.24) is 5.32 Å². The lowest BCUT2D eigenvalue weighted by Crippen LogP contribution is -2.50. The second kappa shape index (κ2) is 5.41. The first-order chi connectivity index (χ1) is 10.1. The minimum Gasteiger partial charge on any atom is -0.399 e. The van der Waals surface area contributed by atoms with Gasteiger partial charge in [-0.25, -0.2) is 0 Å². The predicted molar refractivity (Wildman–Crippen MR) is 85.3 cm³/mol. The van der Waals surface area contributed by atoms with E-state index >= 15 is 0 Å². The van der Waals surface area contributed by atoms with Gasteiger partial charge < -0.3 is 11.1 Å². The van der Waals surface area contributed by atoms with Crippen LogP contribution in [-0.4, -0.2) is 5.91 Å². The SMILES string of the molecule is Nc1ccc(C2(NC(=O)c3ccc(Cl)cc3)CCC2)cc1. The van der Waals surface area contributed by atoms with E-state index in [9.17, 15) is 4.79 Å². The normalized spacial score (nSPS) is 16.0. The molecule has 1 amide bonds. The van der Waals surface area contributed by atoms with Gasteiger partial charge in [0.1, 0.15) is 0 Å². The standard InChI is InChI=1S/C17H17ClN2O/c18-14-6-2-12(3-7-14)16(21)20-17(10-1-11-17)13-4-8-15(19)9-5-13/h2-9H,1,10-11,19H2,(H,20,21). The molecule has 2 aromatic rings. The Kier molecular flexibility index (Phi) is 3.60. The molecule has 1 saturated carbocycles. The van der Waals surface area contributed by atoms with Crippen LogP contribution in [0.3, 0.4) is 0 Å². The van der Waals surface area contributed by atoms with Crippen LogP contribution in [-0.2, 0) is 5.54 Å². The van der Waals surface area contributed by atoms with E-state index in [-0.39, 0.29) is 11.4 Å². The quantitative estimate of drug-likeness (QED) is 0.849. The highest BCUT2D eigenvalue weighted by atomic mass is 35.5. The summed E-state index contributed by atoms with van der Waals surface area (Å²) in [4.78, 5) is 12.4. The van der Waals surface area contributed by atoms with E-state index < -0.39 is 0 Å². The molecule has 21 heavy (non-hydrogen) atoms. The first-order valence-electron chi connectivity index (χ1n) is 7.03. The Hall–Kier alpha value is -2.00. The van der Waals surface area contributed by atoms with E-state index in [2.05, 4.69) is 5.32 Å². The second-order valence-corrected chi connectivity index (χ2v) is 5.96. The highest BCUT2D eigenvalue weighted by molar-refractivity contribution is 6.30. The molecular formula is C17H17ClN2O. The van der Waals surface area contributed by atoms with Gasteiger partial charge in [0.2, 0.25) is 0 Å². The molecular weight excluding hydrogens is 284 g/mol. The minimum absolute atomic E-state index is 0.0665. The van der Waals surface area contributed by atoms with Gasteiger partial charge in [-0.2, -0.15) is 0 Å². The van der Waals surface area contributed by atoms with Gasteiger partial charge in [0.25, 0.3) is 5.91 Å². The lowest BCUT2D eigenvalue weighted by molar-refractivity contribution is 0.0823. The summed E-state index contributed by atoms with van der Waals surface area (Å²) in [5, 5.41) is 3.81. The monoisotopic (exact) mass is 300 g/mol. The highest BCUT2D eigenvalue weighted by Crippen LogP contribution is 2.41. The molecule has 0 bridgehead atoms. The number of benzene rings is 2. The van der Waals surface area contributed by atoms with Gasteiger partial charge in [-0.1, -0.05) is 23.7 Å². The molecule has 0 spiro atoms. The third kappa shape index (κ3) is 2.74. The summed E-state index contributed by atoms with van der Waals surface area (Å²) in [6.07, 6.45) is 3.03. The molecule has 3 rings (SSSR count). The van der Waals surface area contributed by atoms with Gasteiger partial charge in [0.15, 0.2) is 0 Å². The fraction of sp³-hybridized carbons (Fsp3) is 0.235. The number of carbonyl (C=O) groups excluding carboxylic acids is 1. The fourth-order valence-corrected chi connectivity index (χ4v) is 2.84. The summed E-state index contributed by atoms with van der Waals surface area (Å²) in [5.41, 5.74) is 7.95. The van der Waals surface area contributed by atoms with Gasteiger partial charge in [-0.3, -0.25) is 4.79 Å². The van der Waals surface area contributed by atoms with Crippen molar-refractivity contribution in [2.75, 3.05) is 5.73 Å². The average molecular weight is 301 g/mol. The minimum atomic E-state index is -0.260. The van der Waals surface area contributed by atoms with Gasteiger partial charge in [0.05, 0.1) is 5.54 Å². The number of rotatable bonds is 3. The lowest BCUT2D eigenvalue weighted by atomic mass is 9.71. The Balaban J connectivity index is 1.82. The van der Waals surface area contributed by atoms with Crippen LogP contribution in [0, 0.1) is 0 Å². The number of nitrogens with one attached hydrogen (secondary N) is 1. The number of nitrogens with two attached hydrogens (primary N) is 1. The smallest absolute Gasteiger partial charge is 0.251 e. The molecule has 3 N–H and O–H groups in total. The lowest BCUT2D eigenvalue weighted by Gasteiger charge is -2.43. The van der Waals surface area contributed by atoms with E-state index in [0.29, 0.717) is 10.6 Å². The van der Waals surface area contributed by atoms with Crippen molar-refractivity contribution in [3.8, 4) is 0 Å². The fourth-order valence-electron chi connectivity index (χ4n) is 2.71. The van der Waals surface area contributed by atoms with E-state index in [4.69, 9.17) is 17.3 Å². The van der Waals surface area contributed by atoms with Crippen molar-refractivity contribution >= 4 is 23.2 Å². The molecule has 0 radical (unpaired) electrons. The predicted octanol–water partition coefficient (Wildman–Crippen LogP) is 3.73. The third-order valence-electron chi connectivity index (χ3n) is 4.13. The van der Waals surface area contributed by atoms with E-state index in [0.717, 1.165) is 30.5 Å². The van der Waals surface area contributed by atoms with Crippen LogP contribution in [0.15, 0.2) is 48.5 Å². The summed E-state index contributed by atoms with van der Waals surface area (Å²) in [6, 6.07) is 14.7. The summed E-state index contributed by atoms with van der Waals surface area (Å²) >= 11 is 5.86. The zero-order valence-electron chi connectivity index (χ0n) is 11.6. The summed E-state index contributed by atoms with van der Waals surface area (Å²) < 4.78 is 0. The Morgan fingerprint density at radius 1 is 1.05 bits per heavy atom. The largest absolute Gasteiger partial charge is 0.399 e. The van der Waals surface area contributed by atoms with E-state index in [1.54, 1.807) is 24.3 Å². The maximum absolute atomic E-state index is 12.4. The van der Waals surface area contributed by atoms with Crippen molar-refractivity contribution in [1.29, 1.82) is 0 Å². The molecule has 0 aliphatic heterocycles. The van der Waals surface area contributed by atoms with Gasteiger partial charge in [-0.15, -0.1) is 0 Å². The first kappa shape index (κ1) is 14.0.